The van der Waals surface area contributed by atoms with Gasteiger partial charge in [0, 0.05) is 12.8 Å². The number of hydrogen-bond donors (Lipinski definition) is 1. The molecule has 0 heterocycles. The molecule has 42 heavy (non-hydrogen) atoms. The van der Waals surface area contributed by atoms with Crippen molar-refractivity contribution in [2.45, 2.75) is 200 Å². The van der Waals surface area contributed by atoms with Gasteiger partial charge < -0.3 is 9.64 Å². The molecule has 250 valence electrons. The summed E-state index contributed by atoms with van der Waals surface area (Å²) in [7, 11) is 4.14. The van der Waals surface area contributed by atoms with E-state index in [4.69, 9.17) is 4.74 Å². The van der Waals surface area contributed by atoms with E-state index in [2.05, 4.69) is 27.9 Å². The minimum Gasteiger partial charge on any atom is -0.465 e. The second-order valence-corrected chi connectivity index (χ2v) is 13.6. The molecule has 0 spiro atoms. The smallest absolute Gasteiger partial charge is 0.305 e. The maximum atomic E-state index is 12.9. The Kier molecular flexibility index (Phi) is 32.3. The summed E-state index contributed by atoms with van der Waals surface area (Å²) >= 11 is 0. The van der Waals surface area contributed by atoms with Crippen LogP contribution in [0, 0.1) is 5.92 Å². The second kappa shape index (κ2) is 33.0. The Morgan fingerprint density at radius 2 is 0.786 bits per heavy atom. The maximum absolute atomic E-state index is 12.9. The summed E-state index contributed by atoms with van der Waals surface area (Å²) in [6, 6.07) is 0. The molecule has 1 unspecified atom stereocenters. The van der Waals surface area contributed by atoms with Gasteiger partial charge in [0.25, 0.3) is 0 Å². The minimum atomic E-state index is -0.160. The lowest BCUT2D eigenvalue weighted by atomic mass is 9.98. The molecule has 0 saturated heterocycles. The number of carbonyl (C=O) groups is 2. The van der Waals surface area contributed by atoms with Gasteiger partial charge in [-0.1, -0.05) is 174 Å². The van der Waals surface area contributed by atoms with E-state index in [0.717, 1.165) is 32.2 Å². The largest absolute Gasteiger partial charge is 0.465 e. The Hall–Kier alpha value is -0.900. The van der Waals surface area contributed by atoms with Crippen LogP contribution in [-0.4, -0.2) is 39.0 Å². The monoisotopic (exact) mass is 595 g/mol. The van der Waals surface area contributed by atoms with Gasteiger partial charge >= 0.3 is 5.97 Å². The number of nitrogens with one attached hydrogen (secondary N) is 1. The van der Waals surface area contributed by atoms with Crippen LogP contribution in [0.15, 0.2) is 0 Å². The van der Waals surface area contributed by atoms with E-state index in [-0.39, 0.29) is 24.3 Å². The first-order valence-corrected chi connectivity index (χ1v) is 19.0. The van der Waals surface area contributed by atoms with Crippen LogP contribution in [0.2, 0.25) is 0 Å². The third kappa shape index (κ3) is 30.6. The van der Waals surface area contributed by atoms with Crippen molar-refractivity contribution in [2.75, 3.05) is 27.2 Å². The fourth-order valence-corrected chi connectivity index (χ4v) is 6.01. The van der Waals surface area contributed by atoms with Gasteiger partial charge in [0.2, 0.25) is 0 Å². The molecular formula is C38H76NO3+. The number of quaternary nitrogens is 1. The molecule has 0 aromatic carbocycles. The van der Waals surface area contributed by atoms with Crippen molar-refractivity contribution in [3.63, 3.8) is 0 Å². The molecule has 0 aromatic heterocycles. The molecular weight excluding hydrogens is 518 g/mol. The predicted octanol–water partition coefficient (Wildman–Crippen LogP) is 10.2. The zero-order valence-electron chi connectivity index (χ0n) is 29.2. The van der Waals surface area contributed by atoms with E-state index in [1.807, 2.05) is 0 Å². The Balaban J connectivity index is 3.75. The highest BCUT2D eigenvalue weighted by molar-refractivity contribution is 5.81. The van der Waals surface area contributed by atoms with Crippen molar-refractivity contribution in [2.24, 2.45) is 5.92 Å². The van der Waals surface area contributed by atoms with Crippen LogP contribution in [0.5, 0.6) is 0 Å². The molecule has 0 aliphatic rings. The Bertz CT molecular complexity index is 577. The van der Waals surface area contributed by atoms with Gasteiger partial charge in [0.1, 0.15) is 18.3 Å². The molecule has 0 radical (unpaired) electrons. The topological polar surface area (TPSA) is 47.8 Å². The Morgan fingerprint density at radius 3 is 1.12 bits per heavy atom. The van der Waals surface area contributed by atoms with Crippen molar-refractivity contribution in [1.82, 2.24) is 0 Å². The summed E-state index contributed by atoms with van der Waals surface area (Å²) in [5.74, 6) is -0.00256. The quantitative estimate of drug-likeness (QED) is 0.0595. The first kappa shape index (κ1) is 41.1. The molecule has 0 bridgehead atoms. The van der Waals surface area contributed by atoms with Gasteiger partial charge in [0.15, 0.2) is 0 Å². The van der Waals surface area contributed by atoms with Gasteiger partial charge in [0.05, 0.1) is 20.6 Å². The van der Waals surface area contributed by atoms with Crippen LogP contribution < -0.4 is 4.90 Å². The van der Waals surface area contributed by atoms with E-state index >= 15 is 0 Å². The molecule has 0 aromatic rings. The number of rotatable bonds is 34. The fraction of sp³-hybridized carbons (Fsp3) is 0.947. The zero-order chi connectivity index (χ0) is 30.9. The number of esters is 1. The number of hydrogen-bond acceptors (Lipinski definition) is 3. The molecule has 1 atom stereocenters. The summed E-state index contributed by atoms with van der Waals surface area (Å²) in [6.07, 6.45) is 36.6. The standard InChI is InChI=1S/C38H75NO3/c1-5-7-9-11-13-15-17-19-20-21-22-24-26-28-30-32-37(40)36(34-39(3)4)35-42-38(41)33-31-29-27-25-23-18-16-14-12-10-8-6-2/h36H,5-35H2,1-4H3/p+1. The molecule has 1 N–H and O–H groups in total. The first-order valence-electron chi connectivity index (χ1n) is 19.0. The molecule has 4 nitrogen and oxygen atoms in total. The number of ketones is 1. The number of carbonyl (C=O) groups excluding carboxylic acids is 2. The molecule has 0 rings (SSSR count). The van der Waals surface area contributed by atoms with Crippen molar-refractivity contribution < 1.29 is 19.2 Å². The molecule has 0 saturated carbocycles. The lowest BCUT2D eigenvalue weighted by molar-refractivity contribution is -0.860. The first-order chi connectivity index (χ1) is 20.5. The molecule has 0 aliphatic carbocycles. The van der Waals surface area contributed by atoms with Crippen LogP contribution in [0.1, 0.15) is 200 Å². The van der Waals surface area contributed by atoms with E-state index < -0.39 is 0 Å². The summed E-state index contributed by atoms with van der Waals surface area (Å²) < 4.78 is 5.58. The third-order valence-corrected chi connectivity index (χ3v) is 8.82. The Morgan fingerprint density at radius 1 is 0.476 bits per heavy atom. The van der Waals surface area contributed by atoms with Crippen LogP contribution >= 0.6 is 0 Å². The summed E-state index contributed by atoms with van der Waals surface area (Å²) in [5, 5.41) is 0. The Labute approximate surface area is 263 Å². The van der Waals surface area contributed by atoms with E-state index in [0.29, 0.717) is 12.8 Å². The number of Topliss-reactive ketones (excluding diaryl/α,β-unsaturated/α-hetero) is 1. The van der Waals surface area contributed by atoms with Gasteiger partial charge in [-0.3, -0.25) is 9.59 Å². The molecule has 0 amide bonds. The van der Waals surface area contributed by atoms with E-state index in [9.17, 15) is 9.59 Å². The average Bonchev–Trinajstić information content (AvgIpc) is 2.97. The van der Waals surface area contributed by atoms with Gasteiger partial charge in [-0.05, 0) is 12.8 Å². The van der Waals surface area contributed by atoms with Crippen LogP contribution in [0.25, 0.3) is 0 Å². The molecule has 0 fully saturated rings. The fourth-order valence-electron chi connectivity index (χ4n) is 6.01. The van der Waals surface area contributed by atoms with Gasteiger partial charge in [-0.2, -0.15) is 0 Å². The van der Waals surface area contributed by atoms with E-state index in [1.54, 1.807) is 0 Å². The van der Waals surface area contributed by atoms with Crippen molar-refractivity contribution in [3.05, 3.63) is 0 Å². The van der Waals surface area contributed by atoms with Crippen LogP contribution in [-0.2, 0) is 14.3 Å². The van der Waals surface area contributed by atoms with E-state index in [1.165, 1.54) is 153 Å². The highest BCUT2D eigenvalue weighted by Gasteiger charge is 2.23. The van der Waals surface area contributed by atoms with Crippen molar-refractivity contribution >= 4 is 11.8 Å². The number of ether oxygens (including phenoxy) is 1. The minimum absolute atomic E-state index is 0.124. The second-order valence-electron chi connectivity index (χ2n) is 13.6. The lowest BCUT2D eigenvalue weighted by Gasteiger charge is -2.18. The lowest BCUT2D eigenvalue weighted by Crippen LogP contribution is -3.06. The summed E-state index contributed by atoms with van der Waals surface area (Å²) in [6.45, 7) is 5.56. The average molecular weight is 595 g/mol. The van der Waals surface area contributed by atoms with Crippen LogP contribution in [0.4, 0.5) is 0 Å². The third-order valence-electron chi connectivity index (χ3n) is 8.82. The van der Waals surface area contributed by atoms with Crippen molar-refractivity contribution in [3.8, 4) is 0 Å². The SMILES string of the molecule is CCCCCCCCCCCCCCCCCC(=O)C(COC(=O)CCCCCCCCCCCCCC)C[NH+](C)C. The molecule has 4 heteroatoms. The highest BCUT2D eigenvalue weighted by Crippen LogP contribution is 2.15. The highest BCUT2D eigenvalue weighted by atomic mass is 16.5. The summed E-state index contributed by atoms with van der Waals surface area (Å²) in [4.78, 5) is 26.4. The summed E-state index contributed by atoms with van der Waals surface area (Å²) in [5.41, 5.74) is 0. The number of unbranched alkanes of at least 4 members (excludes halogenated alkanes) is 25. The van der Waals surface area contributed by atoms with Gasteiger partial charge in [-0.15, -0.1) is 0 Å². The normalized spacial score (nSPS) is 12.2. The molecule has 0 aliphatic heterocycles. The van der Waals surface area contributed by atoms with Crippen molar-refractivity contribution in [1.29, 1.82) is 0 Å². The zero-order valence-corrected chi connectivity index (χ0v) is 29.2. The van der Waals surface area contributed by atoms with Gasteiger partial charge in [-0.25, -0.2) is 0 Å². The maximum Gasteiger partial charge on any atom is 0.305 e. The predicted molar refractivity (Wildman–Crippen MR) is 182 cm³/mol. The van der Waals surface area contributed by atoms with Crippen LogP contribution in [0.3, 0.4) is 0 Å².